The second kappa shape index (κ2) is 7.56. The van der Waals surface area contributed by atoms with Gasteiger partial charge in [-0.05, 0) is 31.5 Å². The molecule has 1 aliphatic rings. The fraction of sp³-hybridized carbons (Fsp3) is 0.227. The first-order chi connectivity index (χ1) is 13.6. The number of benzene rings is 2. The van der Waals surface area contributed by atoms with Gasteiger partial charge in [0.15, 0.2) is 11.9 Å². The maximum absolute atomic E-state index is 13.0. The molecule has 4 rings (SSSR count). The van der Waals surface area contributed by atoms with Gasteiger partial charge in [0.1, 0.15) is 5.75 Å². The molecule has 0 fully saturated rings. The monoisotopic (exact) mass is 392 g/mol. The molecule has 0 spiro atoms. The Labute approximate surface area is 167 Å². The van der Waals surface area contributed by atoms with E-state index >= 15 is 0 Å². The first-order valence-electron chi connectivity index (χ1n) is 9.19. The first-order valence-corrected chi connectivity index (χ1v) is 10.1. The number of thiazole rings is 1. The van der Waals surface area contributed by atoms with Crippen molar-refractivity contribution >= 4 is 28.7 Å². The summed E-state index contributed by atoms with van der Waals surface area (Å²) in [5, 5.41) is 2.96. The number of hydrogen-bond acceptors (Lipinski definition) is 5. The normalized spacial score (nSPS) is 15.9. The summed E-state index contributed by atoms with van der Waals surface area (Å²) in [6.07, 6.45) is -0.0372. The van der Waals surface area contributed by atoms with E-state index in [1.54, 1.807) is 28.4 Å². The summed E-state index contributed by atoms with van der Waals surface area (Å²) in [5.41, 5.74) is 2.95. The zero-order valence-corrected chi connectivity index (χ0v) is 16.5. The van der Waals surface area contributed by atoms with Crippen LogP contribution in [0.4, 0.5) is 5.69 Å². The number of aryl methyl sites for hydroxylation is 1. The molecule has 1 amide bonds. The zero-order chi connectivity index (χ0) is 19.7. The third-order valence-corrected chi connectivity index (χ3v) is 5.52. The van der Waals surface area contributed by atoms with Crippen LogP contribution in [0, 0.1) is 6.92 Å². The van der Waals surface area contributed by atoms with E-state index in [0.717, 1.165) is 16.3 Å². The molecular formula is C22H20N2O3S. The van der Waals surface area contributed by atoms with Gasteiger partial charge in [-0.3, -0.25) is 14.5 Å². The van der Waals surface area contributed by atoms with E-state index < -0.39 is 6.10 Å². The van der Waals surface area contributed by atoms with Gasteiger partial charge in [0.05, 0.1) is 22.9 Å². The van der Waals surface area contributed by atoms with Crippen molar-refractivity contribution in [3.8, 4) is 17.0 Å². The van der Waals surface area contributed by atoms with E-state index in [0.29, 0.717) is 23.4 Å². The minimum Gasteiger partial charge on any atom is -0.478 e. The van der Waals surface area contributed by atoms with Gasteiger partial charge in [0.2, 0.25) is 0 Å². The topological polar surface area (TPSA) is 59.5 Å². The van der Waals surface area contributed by atoms with Crippen LogP contribution in [0.3, 0.4) is 0 Å². The number of ether oxygens (including phenoxy) is 1. The van der Waals surface area contributed by atoms with Crippen LogP contribution in [0.5, 0.6) is 5.75 Å². The second-order valence-electron chi connectivity index (χ2n) is 6.66. The van der Waals surface area contributed by atoms with Crippen molar-refractivity contribution in [2.45, 2.75) is 26.4 Å². The highest BCUT2D eigenvalue weighted by Gasteiger charge is 2.34. The summed E-state index contributed by atoms with van der Waals surface area (Å²) in [4.78, 5) is 31.8. The number of carbonyl (C=O) groups excluding carboxylic acids is 2. The molecule has 3 aromatic rings. The molecule has 0 aliphatic carbocycles. The van der Waals surface area contributed by atoms with E-state index in [4.69, 9.17) is 4.74 Å². The number of Topliss-reactive ketones (excluding diaryl/α,β-unsaturated/α-hetero) is 1. The van der Waals surface area contributed by atoms with E-state index in [1.807, 2.05) is 55.6 Å². The standard InChI is InChI=1S/C22H20N2O3S/c1-3-20-22(26)24(12-19(25)15-7-5-4-6-8-15)18-11-16(9-10-21(18)27-20)17-13-28-14(2)23-17/h4-11,13,20H,3,12H2,1-2H3. The van der Waals surface area contributed by atoms with Gasteiger partial charge in [-0.2, -0.15) is 0 Å². The molecule has 0 saturated heterocycles. The number of amides is 1. The first kappa shape index (κ1) is 18.4. The van der Waals surface area contributed by atoms with Crippen molar-refractivity contribution in [2.75, 3.05) is 11.4 Å². The van der Waals surface area contributed by atoms with Crippen LogP contribution in [0.1, 0.15) is 28.7 Å². The van der Waals surface area contributed by atoms with Crippen LogP contribution >= 0.6 is 11.3 Å². The van der Waals surface area contributed by atoms with Crippen LogP contribution in [0.15, 0.2) is 53.9 Å². The van der Waals surface area contributed by atoms with Crippen molar-refractivity contribution in [1.29, 1.82) is 0 Å². The maximum Gasteiger partial charge on any atom is 0.268 e. The van der Waals surface area contributed by atoms with Crippen molar-refractivity contribution in [1.82, 2.24) is 4.98 Å². The molecule has 1 aromatic heterocycles. The van der Waals surface area contributed by atoms with Crippen molar-refractivity contribution in [2.24, 2.45) is 0 Å². The van der Waals surface area contributed by atoms with E-state index in [-0.39, 0.29) is 18.2 Å². The largest absolute Gasteiger partial charge is 0.478 e. The molecule has 5 nitrogen and oxygen atoms in total. The summed E-state index contributed by atoms with van der Waals surface area (Å²) in [7, 11) is 0. The molecule has 1 unspecified atom stereocenters. The van der Waals surface area contributed by atoms with Crippen LogP contribution in [0.25, 0.3) is 11.3 Å². The summed E-state index contributed by atoms with van der Waals surface area (Å²) in [6.45, 7) is 3.84. The minimum absolute atomic E-state index is 0.0186. The summed E-state index contributed by atoms with van der Waals surface area (Å²) in [6, 6.07) is 14.7. The number of rotatable bonds is 5. The van der Waals surface area contributed by atoms with Gasteiger partial charge >= 0.3 is 0 Å². The fourth-order valence-corrected chi connectivity index (χ4v) is 3.88. The highest BCUT2D eigenvalue weighted by atomic mass is 32.1. The van der Waals surface area contributed by atoms with Gasteiger partial charge in [-0.25, -0.2) is 4.98 Å². The molecule has 0 radical (unpaired) electrons. The SMILES string of the molecule is CCC1Oc2ccc(-c3csc(C)n3)cc2N(CC(=O)c2ccccc2)C1=O. The smallest absolute Gasteiger partial charge is 0.268 e. The van der Waals surface area contributed by atoms with E-state index in [2.05, 4.69) is 4.98 Å². The predicted molar refractivity (Wildman–Crippen MR) is 110 cm³/mol. The Hall–Kier alpha value is -2.99. The van der Waals surface area contributed by atoms with Crippen LogP contribution < -0.4 is 9.64 Å². The lowest BCUT2D eigenvalue weighted by molar-refractivity contribution is -0.126. The number of fused-ring (bicyclic) bond motifs is 1. The van der Waals surface area contributed by atoms with E-state index in [1.165, 1.54) is 0 Å². The fourth-order valence-electron chi connectivity index (χ4n) is 3.26. The third kappa shape index (κ3) is 3.43. The second-order valence-corrected chi connectivity index (χ2v) is 7.72. The molecule has 2 aromatic carbocycles. The molecule has 142 valence electrons. The predicted octanol–water partition coefficient (Wildman–Crippen LogP) is 4.51. The van der Waals surface area contributed by atoms with Crippen LogP contribution in [0.2, 0.25) is 0 Å². The van der Waals surface area contributed by atoms with Gasteiger partial charge in [0, 0.05) is 16.5 Å². The van der Waals surface area contributed by atoms with E-state index in [9.17, 15) is 9.59 Å². The van der Waals surface area contributed by atoms with Crippen LogP contribution in [-0.2, 0) is 4.79 Å². The van der Waals surface area contributed by atoms with Crippen molar-refractivity contribution in [3.05, 3.63) is 64.5 Å². The average Bonchev–Trinajstić information content (AvgIpc) is 3.16. The average molecular weight is 392 g/mol. The molecule has 2 heterocycles. The number of nitrogens with zero attached hydrogens (tertiary/aromatic N) is 2. The number of ketones is 1. The Bertz CT molecular complexity index is 1030. The maximum atomic E-state index is 13.0. The Morgan fingerprint density at radius 1 is 1.21 bits per heavy atom. The van der Waals surface area contributed by atoms with Gasteiger partial charge in [0.25, 0.3) is 5.91 Å². The minimum atomic E-state index is -0.580. The Balaban J connectivity index is 1.72. The Morgan fingerprint density at radius 2 is 2.00 bits per heavy atom. The van der Waals surface area contributed by atoms with Gasteiger partial charge < -0.3 is 4.74 Å². The number of carbonyl (C=O) groups is 2. The summed E-state index contributed by atoms with van der Waals surface area (Å²) in [5.74, 6) is 0.320. The number of anilines is 1. The van der Waals surface area contributed by atoms with Crippen molar-refractivity contribution in [3.63, 3.8) is 0 Å². The lowest BCUT2D eigenvalue weighted by atomic mass is 10.1. The molecule has 28 heavy (non-hydrogen) atoms. The quantitative estimate of drug-likeness (QED) is 0.600. The highest BCUT2D eigenvalue weighted by molar-refractivity contribution is 7.09. The number of hydrogen-bond donors (Lipinski definition) is 0. The molecular weight excluding hydrogens is 372 g/mol. The van der Waals surface area contributed by atoms with Crippen molar-refractivity contribution < 1.29 is 14.3 Å². The third-order valence-electron chi connectivity index (χ3n) is 4.74. The number of aromatic nitrogens is 1. The van der Waals surface area contributed by atoms with Crippen LogP contribution in [-0.4, -0.2) is 29.3 Å². The Morgan fingerprint density at radius 3 is 2.68 bits per heavy atom. The van der Waals surface area contributed by atoms with Gasteiger partial charge in [-0.15, -0.1) is 11.3 Å². The lowest BCUT2D eigenvalue weighted by Crippen LogP contribution is -2.47. The highest BCUT2D eigenvalue weighted by Crippen LogP contribution is 2.38. The Kier molecular flexibility index (Phi) is 4.96. The lowest BCUT2D eigenvalue weighted by Gasteiger charge is -2.34. The zero-order valence-electron chi connectivity index (χ0n) is 15.7. The molecule has 0 N–H and O–H groups in total. The molecule has 1 aliphatic heterocycles. The van der Waals surface area contributed by atoms with Gasteiger partial charge in [-0.1, -0.05) is 37.3 Å². The molecule has 6 heteroatoms. The molecule has 0 bridgehead atoms. The molecule has 1 atom stereocenters. The summed E-state index contributed by atoms with van der Waals surface area (Å²) >= 11 is 1.57. The summed E-state index contributed by atoms with van der Waals surface area (Å²) < 4.78 is 5.89. The molecule has 0 saturated carbocycles.